The number of halogens is 1. The summed E-state index contributed by atoms with van der Waals surface area (Å²) in [5, 5.41) is 1.11. The summed E-state index contributed by atoms with van der Waals surface area (Å²) < 4.78 is 6.98. The zero-order valence-electron chi connectivity index (χ0n) is 11.1. The van der Waals surface area contributed by atoms with Crippen molar-refractivity contribution >= 4 is 27.3 Å². The van der Waals surface area contributed by atoms with Crippen molar-refractivity contribution in [2.45, 2.75) is 32.3 Å². The fourth-order valence-electron chi connectivity index (χ4n) is 2.47. The van der Waals surface area contributed by atoms with Gasteiger partial charge in [-0.2, -0.15) is 0 Å². The molecule has 0 amide bonds. The SMILES string of the molecule is Cc1sc(C2(C)CCCO2)nc1-c1cccc(Br)c1. The molecular weight excluding hydrogens is 322 g/mol. The van der Waals surface area contributed by atoms with Gasteiger partial charge in [-0.1, -0.05) is 28.1 Å². The number of hydrogen-bond acceptors (Lipinski definition) is 3. The second-order valence-corrected chi connectivity index (χ2v) is 7.24. The average molecular weight is 338 g/mol. The molecule has 1 unspecified atom stereocenters. The maximum absolute atomic E-state index is 5.89. The zero-order chi connectivity index (χ0) is 13.5. The van der Waals surface area contributed by atoms with Gasteiger partial charge in [-0.15, -0.1) is 11.3 Å². The maximum Gasteiger partial charge on any atom is 0.125 e. The molecule has 0 saturated carbocycles. The monoisotopic (exact) mass is 337 g/mol. The van der Waals surface area contributed by atoms with Gasteiger partial charge in [0.25, 0.3) is 0 Å². The van der Waals surface area contributed by atoms with Crippen molar-refractivity contribution in [3.8, 4) is 11.3 Å². The number of thiazole rings is 1. The number of ether oxygens (including phenoxy) is 1. The fraction of sp³-hybridized carbons (Fsp3) is 0.400. The summed E-state index contributed by atoms with van der Waals surface area (Å²) in [6, 6.07) is 8.30. The quantitative estimate of drug-likeness (QED) is 0.776. The van der Waals surface area contributed by atoms with E-state index < -0.39 is 0 Å². The zero-order valence-corrected chi connectivity index (χ0v) is 13.5. The number of rotatable bonds is 2. The van der Waals surface area contributed by atoms with Crippen molar-refractivity contribution in [3.05, 3.63) is 38.6 Å². The van der Waals surface area contributed by atoms with Crippen molar-refractivity contribution in [2.75, 3.05) is 6.61 Å². The Morgan fingerprint density at radius 1 is 1.42 bits per heavy atom. The highest BCUT2D eigenvalue weighted by Gasteiger charge is 2.35. The molecule has 3 rings (SSSR count). The van der Waals surface area contributed by atoms with Gasteiger partial charge in [0, 0.05) is 21.5 Å². The first-order chi connectivity index (χ1) is 9.08. The third-order valence-corrected chi connectivity index (χ3v) is 5.28. The van der Waals surface area contributed by atoms with Crippen molar-refractivity contribution in [1.29, 1.82) is 0 Å². The van der Waals surface area contributed by atoms with E-state index in [2.05, 4.69) is 41.9 Å². The Balaban J connectivity index is 2.02. The normalized spacial score (nSPS) is 22.9. The molecule has 2 aromatic rings. The van der Waals surface area contributed by atoms with Crippen LogP contribution in [0, 0.1) is 6.92 Å². The highest BCUT2D eigenvalue weighted by molar-refractivity contribution is 9.10. The third-order valence-electron chi connectivity index (χ3n) is 3.57. The lowest BCUT2D eigenvalue weighted by molar-refractivity contribution is 0.0167. The Morgan fingerprint density at radius 2 is 2.26 bits per heavy atom. The Hall–Kier alpha value is -0.710. The Labute approximate surface area is 126 Å². The smallest absolute Gasteiger partial charge is 0.125 e. The van der Waals surface area contributed by atoms with E-state index in [0.717, 1.165) is 40.2 Å². The minimum atomic E-state index is -0.181. The van der Waals surface area contributed by atoms with E-state index >= 15 is 0 Å². The van der Waals surface area contributed by atoms with Crippen LogP contribution in [0.4, 0.5) is 0 Å². The molecule has 19 heavy (non-hydrogen) atoms. The first-order valence-electron chi connectivity index (χ1n) is 6.46. The lowest BCUT2D eigenvalue weighted by Crippen LogP contribution is -2.19. The van der Waals surface area contributed by atoms with Crippen molar-refractivity contribution < 1.29 is 4.74 Å². The number of hydrogen-bond donors (Lipinski definition) is 0. The summed E-state index contributed by atoms with van der Waals surface area (Å²) in [5.41, 5.74) is 2.06. The Bertz CT molecular complexity index is 602. The number of nitrogens with zero attached hydrogens (tertiary/aromatic N) is 1. The first-order valence-corrected chi connectivity index (χ1v) is 8.07. The van der Waals surface area contributed by atoms with E-state index in [1.165, 1.54) is 4.88 Å². The van der Waals surface area contributed by atoms with Crippen LogP contribution < -0.4 is 0 Å². The van der Waals surface area contributed by atoms with Crippen molar-refractivity contribution in [1.82, 2.24) is 4.98 Å². The topological polar surface area (TPSA) is 22.1 Å². The van der Waals surface area contributed by atoms with Gasteiger partial charge in [-0.05, 0) is 38.8 Å². The first kappa shape index (κ1) is 13.3. The van der Waals surface area contributed by atoms with E-state index in [0.29, 0.717) is 0 Å². The lowest BCUT2D eigenvalue weighted by Gasteiger charge is -2.19. The van der Waals surface area contributed by atoms with E-state index in [4.69, 9.17) is 9.72 Å². The molecule has 1 saturated heterocycles. The minimum Gasteiger partial charge on any atom is -0.368 e. The van der Waals surface area contributed by atoms with Gasteiger partial charge in [0.1, 0.15) is 10.6 Å². The summed E-state index contributed by atoms with van der Waals surface area (Å²) in [7, 11) is 0. The van der Waals surface area contributed by atoms with Crippen LogP contribution in [0.1, 0.15) is 29.7 Å². The van der Waals surface area contributed by atoms with E-state index in [1.54, 1.807) is 11.3 Å². The van der Waals surface area contributed by atoms with E-state index in [1.807, 2.05) is 12.1 Å². The number of benzene rings is 1. The molecule has 2 nitrogen and oxygen atoms in total. The fourth-order valence-corrected chi connectivity index (χ4v) is 3.94. The van der Waals surface area contributed by atoms with Crippen LogP contribution in [0.25, 0.3) is 11.3 Å². The van der Waals surface area contributed by atoms with E-state index in [-0.39, 0.29) is 5.60 Å². The van der Waals surface area contributed by atoms with E-state index in [9.17, 15) is 0 Å². The molecule has 0 bridgehead atoms. The molecule has 1 aromatic carbocycles. The summed E-state index contributed by atoms with van der Waals surface area (Å²) in [6.45, 7) is 5.14. The van der Waals surface area contributed by atoms with Gasteiger partial charge in [0.15, 0.2) is 0 Å². The molecule has 4 heteroatoms. The van der Waals surface area contributed by atoms with Crippen molar-refractivity contribution in [2.24, 2.45) is 0 Å². The summed E-state index contributed by atoms with van der Waals surface area (Å²) in [4.78, 5) is 6.10. The van der Waals surface area contributed by atoms with Gasteiger partial charge in [-0.3, -0.25) is 0 Å². The molecule has 0 radical (unpaired) electrons. The average Bonchev–Trinajstić information content (AvgIpc) is 2.97. The number of aryl methyl sites for hydroxylation is 1. The van der Waals surface area contributed by atoms with Gasteiger partial charge >= 0.3 is 0 Å². The largest absolute Gasteiger partial charge is 0.368 e. The molecular formula is C15H16BrNOS. The van der Waals surface area contributed by atoms with Crippen LogP contribution in [0.5, 0.6) is 0 Å². The molecule has 1 fully saturated rings. The molecule has 0 N–H and O–H groups in total. The van der Waals surface area contributed by atoms with Crippen LogP contribution in [-0.4, -0.2) is 11.6 Å². The molecule has 2 heterocycles. The molecule has 0 spiro atoms. The standard InChI is InChI=1S/C15H16BrNOS/c1-10-13(11-5-3-6-12(16)9-11)17-14(19-10)15(2)7-4-8-18-15/h3,5-6,9H,4,7-8H2,1-2H3. The Morgan fingerprint density at radius 3 is 2.95 bits per heavy atom. The van der Waals surface area contributed by atoms with Crippen molar-refractivity contribution in [3.63, 3.8) is 0 Å². The predicted octanol–water partition coefficient (Wildman–Crippen LogP) is 4.91. The van der Waals surface area contributed by atoms with Gasteiger partial charge in [-0.25, -0.2) is 4.98 Å². The van der Waals surface area contributed by atoms with Gasteiger partial charge < -0.3 is 4.74 Å². The molecule has 1 aromatic heterocycles. The van der Waals surface area contributed by atoms with Crippen LogP contribution in [-0.2, 0) is 10.3 Å². The molecule has 1 aliphatic heterocycles. The minimum absolute atomic E-state index is 0.181. The Kier molecular flexibility index (Phi) is 3.50. The third kappa shape index (κ3) is 2.49. The predicted molar refractivity (Wildman–Crippen MR) is 82.5 cm³/mol. The van der Waals surface area contributed by atoms with Crippen LogP contribution >= 0.6 is 27.3 Å². The van der Waals surface area contributed by atoms with Crippen LogP contribution in [0.15, 0.2) is 28.7 Å². The number of aromatic nitrogens is 1. The lowest BCUT2D eigenvalue weighted by atomic mass is 10.0. The summed E-state index contributed by atoms with van der Waals surface area (Å²) in [6.07, 6.45) is 2.19. The summed E-state index contributed by atoms with van der Waals surface area (Å²) >= 11 is 5.28. The molecule has 0 aliphatic carbocycles. The molecule has 100 valence electrons. The highest BCUT2D eigenvalue weighted by Crippen LogP contribution is 2.40. The second kappa shape index (κ2) is 5.00. The van der Waals surface area contributed by atoms with Gasteiger partial charge in [0.2, 0.25) is 0 Å². The van der Waals surface area contributed by atoms with Crippen LogP contribution in [0.2, 0.25) is 0 Å². The second-order valence-electron chi connectivity index (χ2n) is 5.12. The highest BCUT2D eigenvalue weighted by atomic mass is 79.9. The molecule has 1 aliphatic rings. The molecule has 1 atom stereocenters. The maximum atomic E-state index is 5.89. The van der Waals surface area contributed by atoms with Crippen LogP contribution in [0.3, 0.4) is 0 Å². The van der Waals surface area contributed by atoms with Gasteiger partial charge in [0.05, 0.1) is 5.69 Å². The summed E-state index contributed by atoms with van der Waals surface area (Å²) in [5.74, 6) is 0.